The fraction of sp³-hybridized carbons (Fsp3) is 0.612. The van der Waals surface area contributed by atoms with Gasteiger partial charge in [-0.25, -0.2) is 9.59 Å². The SMILES string of the molecule is O=C(O)CC[C@H](NC(=O)N[C@@H](CCCCNC(=O)[C@H](Cc1ccc2ccccc2c1)NC(=O)[C@H]1CC[C@H](CNC(=O)CN2CCN(CC(=O)O)CCN(CC(=O)O)CCN(CC(=O)O)CC2)CC1)C(=O)O)C(O)O. The minimum Gasteiger partial charge on any atom is -0.481 e. The van der Waals surface area contributed by atoms with Gasteiger partial charge in [-0.2, -0.15) is 0 Å². The number of urea groups is 1. The van der Waals surface area contributed by atoms with Crippen LogP contribution in [0.2, 0.25) is 0 Å². The van der Waals surface area contributed by atoms with Gasteiger partial charge < -0.3 is 62.3 Å². The Morgan fingerprint density at radius 3 is 1.62 bits per heavy atom. The number of rotatable bonds is 27. The monoisotopic (exact) mass is 1040 g/mol. The molecule has 0 spiro atoms. The average Bonchev–Trinajstić information content (AvgIpc) is 3.34. The van der Waals surface area contributed by atoms with E-state index >= 15 is 0 Å². The van der Waals surface area contributed by atoms with Gasteiger partial charge in [0.15, 0.2) is 6.29 Å². The molecule has 0 bridgehead atoms. The fourth-order valence-corrected chi connectivity index (χ4v) is 9.04. The predicted molar refractivity (Wildman–Crippen MR) is 266 cm³/mol. The quantitative estimate of drug-likeness (QED) is 0.0371. The molecule has 410 valence electrons. The summed E-state index contributed by atoms with van der Waals surface area (Å²) in [5.41, 5.74) is 0.809. The fourth-order valence-electron chi connectivity index (χ4n) is 9.04. The van der Waals surface area contributed by atoms with E-state index in [0.29, 0.717) is 51.7 Å². The number of carbonyl (C=O) groups is 9. The summed E-state index contributed by atoms with van der Waals surface area (Å²) in [5.74, 6) is -7.09. The number of fused-ring (bicyclic) bond motifs is 1. The van der Waals surface area contributed by atoms with E-state index in [2.05, 4.69) is 26.6 Å². The molecule has 2 aromatic rings. The summed E-state index contributed by atoms with van der Waals surface area (Å²) in [7, 11) is 0. The van der Waals surface area contributed by atoms with E-state index in [1.165, 1.54) is 0 Å². The summed E-state index contributed by atoms with van der Waals surface area (Å²) in [6.07, 6.45) is 0.0692. The van der Waals surface area contributed by atoms with Crippen molar-refractivity contribution in [3.63, 3.8) is 0 Å². The highest BCUT2D eigenvalue weighted by Gasteiger charge is 2.31. The zero-order valence-electron chi connectivity index (χ0n) is 41.6. The van der Waals surface area contributed by atoms with Crippen LogP contribution in [-0.4, -0.2) is 225 Å². The smallest absolute Gasteiger partial charge is 0.326 e. The van der Waals surface area contributed by atoms with Crippen LogP contribution < -0.4 is 26.6 Å². The Balaban J connectivity index is 1.30. The zero-order valence-corrected chi connectivity index (χ0v) is 41.6. The molecule has 0 radical (unpaired) electrons. The molecule has 1 heterocycles. The van der Waals surface area contributed by atoms with E-state index < -0.39 is 78.5 Å². The first kappa shape index (κ1) is 60.0. The van der Waals surface area contributed by atoms with E-state index in [4.69, 9.17) is 5.11 Å². The van der Waals surface area contributed by atoms with Crippen molar-refractivity contribution in [2.24, 2.45) is 11.8 Å². The first-order chi connectivity index (χ1) is 35.2. The minimum atomic E-state index is -2.08. The van der Waals surface area contributed by atoms with Gasteiger partial charge >= 0.3 is 35.9 Å². The number of aliphatic hydroxyl groups is 2. The van der Waals surface area contributed by atoms with Gasteiger partial charge in [-0.05, 0) is 73.6 Å². The van der Waals surface area contributed by atoms with Crippen LogP contribution in [0.5, 0.6) is 0 Å². The molecular weight excluding hydrogens is 971 g/mol. The highest BCUT2D eigenvalue weighted by Crippen LogP contribution is 2.29. The van der Waals surface area contributed by atoms with Crippen LogP contribution in [-0.2, 0) is 44.8 Å². The third-order valence-electron chi connectivity index (χ3n) is 13.2. The molecule has 4 rings (SSSR count). The molecule has 0 unspecified atom stereocenters. The van der Waals surface area contributed by atoms with Crippen LogP contribution in [0.4, 0.5) is 4.79 Å². The molecule has 1 aliphatic heterocycles. The van der Waals surface area contributed by atoms with Crippen LogP contribution in [0.25, 0.3) is 10.8 Å². The number of nitrogens with zero attached hydrogens (tertiary/aromatic N) is 4. The second kappa shape index (κ2) is 31.3. The standard InChI is InChI=1S/C49H73N9O16/c59-40(28-55-17-19-56(29-42(62)63)21-23-58(31-44(66)67)24-22-57(20-18-55)30-43(64)65)51-27-32-8-12-35(13-9-32)45(68)52-39(26-33-10-11-34-5-1-2-6-36(34)25-33)46(69)50-16-4-3-7-37(47(70)71)53-49(74)54-38(48(72)73)14-15-41(60)61/h1-2,5-6,10-11,25,32,35,37-39,48,72-73H,3-4,7-9,12-24,26-31H2,(H,50,69)(H,51,59)(H,52,68)(H,60,61)(H,62,63)(H,64,65)(H,66,67)(H,70,71)(H2,53,54,74)/t32-,35-,37-,38-,39-/m0/s1. The van der Waals surface area contributed by atoms with Crippen LogP contribution in [0.3, 0.4) is 0 Å². The highest BCUT2D eigenvalue weighted by atomic mass is 16.5. The summed E-state index contributed by atoms with van der Waals surface area (Å²) >= 11 is 0. The third kappa shape index (κ3) is 22.7. The van der Waals surface area contributed by atoms with Gasteiger partial charge in [0.2, 0.25) is 17.7 Å². The summed E-state index contributed by atoms with van der Waals surface area (Å²) in [6.45, 7) is 1.76. The third-order valence-corrected chi connectivity index (χ3v) is 13.2. The summed E-state index contributed by atoms with van der Waals surface area (Å²) in [5, 5.41) is 81.3. The van der Waals surface area contributed by atoms with Crippen molar-refractivity contribution in [3.8, 4) is 0 Å². The molecular formula is C49H73N9O16. The average molecular weight is 1040 g/mol. The van der Waals surface area contributed by atoms with Crippen molar-refractivity contribution < 1.29 is 78.9 Å². The van der Waals surface area contributed by atoms with E-state index in [1.807, 2.05) is 47.4 Å². The van der Waals surface area contributed by atoms with E-state index in [-0.39, 0.29) is 115 Å². The molecule has 25 heteroatoms. The van der Waals surface area contributed by atoms with Crippen molar-refractivity contribution in [1.82, 2.24) is 46.2 Å². The first-order valence-electron chi connectivity index (χ1n) is 25.0. The zero-order chi connectivity index (χ0) is 54.2. The largest absolute Gasteiger partial charge is 0.481 e. The maximum Gasteiger partial charge on any atom is 0.326 e. The Labute approximate surface area is 428 Å². The highest BCUT2D eigenvalue weighted by molar-refractivity contribution is 5.89. The van der Waals surface area contributed by atoms with Crippen molar-refractivity contribution >= 4 is 64.4 Å². The number of hydrogen-bond donors (Lipinski definition) is 12. The molecule has 2 aromatic carbocycles. The Morgan fingerprint density at radius 1 is 0.568 bits per heavy atom. The van der Waals surface area contributed by atoms with Gasteiger partial charge in [0.1, 0.15) is 12.1 Å². The van der Waals surface area contributed by atoms with Crippen LogP contribution in [0.15, 0.2) is 42.5 Å². The maximum absolute atomic E-state index is 13.8. The molecule has 2 fully saturated rings. The van der Waals surface area contributed by atoms with Gasteiger partial charge in [-0.15, -0.1) is 0 Å². The Morgan fingerprint density at radius 2 is 1.11 bits per heavy atom. The van der Waals surface area contributed by atoms with E-state index in [9.17, 15) is 73.8 Å². The van der Waals surface area contributed by atoms with Crippen molar-refractivity contribution in [1.29, 1.82) is 0 Å². The number of carbonyl (C=O) groups excluding carboxylic acids is 4. The van der Waals surface area contributed by atoms with E-state index in [0.717, 1.165) is 16.3 Å². The van der Waals surface area contributed by atoms with Crippen molar-refractivity contribution in [2.45, 2.75) is 88.6 Å². The molecule has 1 saturated heterocycles. The molecule has 12 N–H and O–H groups in total. The Hall–Kier alpha value is -6.51. The normalized spacial score (nSPS) is 18.9. The van der Waals surface area contributed by atoms with Crippen LogP contribution in [0.1, 0.15) is 63.4 Å². The van der Waals surface area contributed by atoms with Gasteiger partial charge in [0, 0.05) is 84.2 Å². The summed E-state index contributed by atoms with van der Waals surface area (Å²) in [4.78, 5) is 118. The topological polar surface area (TPSA) is 368 Å². The van der Waals surface area contributed by atoms with Crippen LogP contribution in [0, 0.1) is 11.8 Å². The number of aliphatic carboxylic acids is 5. The molecule has 5 amide bonds. The van der Waals surface area contributed by atoms with Gasteiger partial charge in [0.25, 0.3) is 0 Å². The lowest BCUT2D eigenvalue weighted by Gasteiger charge is -2.33. The first-order valence-corrected chi connectivity index (χ1v) is 25.0. The number of benzene rings is 2. The lowest BCUT2D eigenvalue weighted by Crippen LogP contribution is -2.52. The summed E-state index contributed by atoms with van der Waals surface area (Å²) < 4.78 is 0. The van der Waals surface area contributed by atoms with E-state index in [1.54, 1.807) is 14.7 Å². The number of hydrogen-bond acceptors (Lipinski definition) is 15. The lowest BCUT2D eigenvalue weighted by molar-refractivity contribution is -0.140. The Kier molecular flexibility index (Phi) is 25.4. The number of amides is 5. The van der Waals surface area contributed by atoms with Crippen molar-refractivity contribution in [3.05, 3.63) is 48.0 Å². The lowest BCUT2D eigenvalue weighted by atomic mass is 9.81. The second-order valence-electron chi connectivity index (χ2n) is 19.0. The predicted octanol–water partition coefficient (Wildman–Crippen LogP) is -1.15. The second-order valence-corrected chi connectivity index (χ2v) is 19.0. The molecule has 2 aliphatic rings. The van der Waals surface area contributed by atoms with Gasteiger partial charge in [-0.1, -0.05) is 42.5 Å². The van der Waals surface area contributed by atoms with Gasteiger partial charge in [0.05, 0.1) is 32.2 Å². The van der Waals surface area contributed by atoms with Crippen molar-refractivity contribution in [2.75, 3.05) is 91.6 Å². The number of unbranched alkanes of at least 4 members (excludes halogenated alkanes) is 1. The molecule has 74 heavy (non-hydrogen) atoms. The molecule has 1 saturated carbocycles. The maximum atomic E-state index is 13.8. The summed E-state index contributed by atoms with van der Waals surface area (Å²) in [6, 6.07) is 8.76. The molecule has 1 aliphatic carbocycles. The minimum absolute atomic E-state index is 0.0259. The van der Waals surface area contributed by atoms with Crippen LogP contribution >= 0.6 is 0 Å². The number of aliphatic hydroxyl groups excluding tert-OH is 1. The Bertz CT molecular complexity index is 2180. The number of carboxylic acids is 5. The molecule has 0 aromatic heterocycles. The molecule has 25 nitrogen and oxygen atoms in total. The number of nitrogens with one attached hydrogen (secondary N) is 5. The van der Waals surface area contributed by atoms with Gasteiger partial charge in [-0.3, -0.25) is 53.2 Å². The molecule has 3 atom stereocenters. The number of carboxylic acid groups (broad SMARTS) is 5.